The highest BCUT2D eigenvalue weighted by molar-refractivity contribution is 5.05. The molecule has 7 heteroatoms. The van der Waals surface area contributed by atoms with E-state index in [4.69, 9.17) is 10.8 Å². The van der Waals surface area contributed by atoms with Crippen molar-refractivity contribution in [1.82, 2.24) is 0 Å². The van der Waals surface area contributed by atoms with Crippen molar-refractivity contribution >= 4 is 0 Å². The molecule has 0 saturated carbocycles. The van der Waals surface area contributed by atoms with Crippen molar-refractivity contribution in [1.29, 1.82) is 0 Å². The molecule has 0 fully saturated rings. The zero-order valence-electron chi connectivity index (χ0n) is 6.41. The zero-order valence-corrected chi connectivity index (χ0v) is 6.41. The summed E-state index contributed by atoms with van der Waals surface area (Å²) < 4.78 is 59.6. The van der Waals surface area contributed by atoms with Crippen molar-refractivity contribution in [3.63, 3.8) is 0 Å². The Morgan fingerprint density at radius 1 is 1.31 bits per heavy atom. The fraction of sp³-hybridized carbons (Fsp3) is 0.667. The summed E-state index contributed by atoms with van der Waals surface area (Å²) >= 11 is 0. The second-order valence-corrected chi connectivity index (χ2v) is 2.37. The Kier molecular flexibility index (Phi) is 4.28. The summed E-state index contributed by atoms with van der Waals surface area (Å²) in [6.07, 6.45) is -6.25. The highest BCUT2D eigenvalue weighted by Gasteiger charge is 2.40. The largest absolute Gasteiger partial charge is 0.392 e. The van der Waals surface area contributed by atoms with Gasteiger partial charge in [0.05, 0.1) is 6.10 Å². The van der Waals surface area contributed by atoms with Crippen molar-refractivity contribution in [2.45, 2.75) is 18.4 Å². The molecule has 3 N–H and O–H groups in total. The SMILES string of the molecule is NCC(O)CC(F)(F)C(F)=C(F)F. The highest BCUT2D eigenvalue weighted by atomic mass is 19.3. The zero-order chi connectivity index (χ0) is 10.6. The number of halogens is 5. The molecule has 0 amide bonds. The summed E-state index contributed by atoms with van der Waals surface area (Å²) in [5, 5.41) is 8.59. The number of hydrogen-bond donors (Lipinski definition) is 2. The molecule has 0 saturated heterocycles. The number of alkyl halides is 2. The van der Waals surface area contributed by atoms with Crippen LogP contribution in [0.5, 0.6) is 0 Å². The fourth-order valence-electron chi connectivity index (χ4n) is 0.607. The van der Waals surface area contributed by atoms with Crippen LogP contribution in [-0.4, -0.2) is 23.7 Å². The van der Waals surface area contributed by atoms with E-state index in [-0.39, 0.29) is 0 Å². The molecule has 0 aliphatic rings. The first-order chi connectivity index (χ1) is 5.81. The average Bonchev–Trinajstić information content (AvgIpc) is 2.01. The Bertz CT molecular complexity index is 201. The predicted molar refractivity (Wildman–Crippen MR) is 35.0 cm³/mol. The summed E-state index contributed by atoms with van der Waals surface area (Å²) in [6.45, 7) is -0.545. The topological polar surface area (TPSA) is 46.2 Å². The van der Waals surface area contributed by atoms with Crippen LogP contribution in [0.3, 0.4) is 0 Å². The van der Waals surface area contributed by atoms with Crippen molar-refractivity contribution in [3.8, 4) is 0 Å². The lowest BCUT2D eigenvalue weighted by molar-refractivity contribution is -0.0317. The van der Waals surface area contributed by atoms with Gasteiger partial charge in [-0.05, 0) is 0 Å². The van der Waals surface area contributed by atoms with Crippen LogP contribution >= 0.6 is 0 Å². The molecular weight excluding hydrogens is 197 g/mol. The first-order valence-electron chi connectivity index (χ1n) is 3.28. The van der Waals surface area contributed by atoms with Gasteiger partial charge in [-0.25, -0.2) is 0 Å². The van der Waals surface area contributed by atoms with Gasteiger partial charge in [0.25, 0.3) is 0 Å². The molecule has 0 aromatic carbocycles. The van der Waals surface area contributed by atoms with E-state index in [1.165, 1.54) is 0 Å². The minimum Gasteiger partial charge on any atom is -0.392 e. The van der Waals surface area contributed by atoms with E-state index in [0.717, 1.165) is 0 Å². The van der Waals surface area contributed by atoms with Crippen molar-refractivity contribution < 1.29 is 27.1 Å². The third-order valence-electron chi connectivity index (χ3n) is 1.25. The minimum atomic E-state index is -4.36. The van der Waals surface area contributed by atoms with E-state index in [1.807, 2.05) is 0 Å². The maximum atomic E-state index is 12.4. The van der Waals surface area contributed by atoms with Crippen LogP contribution in [0.25, 0.3) is 0 Å². The Hall–Kier alpha value is -0.690. The lowest BCUT2D eigenvalue weighted by Gasteiger charge is -2.16. The lowest BCUT2D eigenvalue weighted by atomic mass is 10.1. The van der Waals surface area contributed by atoms with Crippen LogP contribution < -0.4 is 5.73 Å². The number of hydrogen-bond acceptors (Lipinski definition) is 2. The standard InChI is InChI=1S/C6H8F5NO/c7-4(5(8)9)6(10,11)1-3(13)2-12/h3,13H,1-2,12H2. The van der Waals surface area contributed by atoms with E-state index in [2.05, 4.69) is 0 Å². The van der Waals surface area contributed by atoms with Gasteiger partial charge in [-0.1, -0.05) is 0 Å². The quantitative estimate of drug-likeness (QED) is 0.681. The van der Waals surface area contributed by atoms with Gasteiger partial charge in [-0.3, -0.25) is 0 Å². The van der Waals surface area contributed by atoms with Crippen LogP contribution in [0.15, 0.2) is 11.9 Å². The molecule has 0 aromatic rings. The maximum Gasteiger partial charge on any atom is 0.307 e. The molecule has 0 spiro atoms. The van der Waals surface area contributed by atoms with Crippen LogP contribution in [0.1, 0.15) is 6.42 Å². The second-order valence-electron chi connectivity index (χ2n) is 2.37. The average molecular weight is 205 g/mol. The molecule has 78 valence electrons. The summed E-state index contributed by atoms with van der Waals surface area (Å²) in [6, 6.07) is 0. The molecule has 0 aromatic heterocycles. The molecule has 0 bridgehead atoms. The summed E-state index contributed by atoms with van der Waals surface area (Å²) in [5.74, 6) is -7.18. The first-order valence-corrected chi connectivity index (χ1v) is 3.28. The van der Waals surface area contributed by atoms with E-state index in [1.54, 1.807) is 0 Å². The molecule has 0 radical (unpaired) electrons. The molecule has 0 aliphatic heterocycles. The Labute approximate surface area is 70.8 Å². The predicted octanol–water partition coefficient (Wildman–Crippen LogP) is 1.41. The third kappa shape index (κ3) is 3.69. The first kappa shape index (κ1) is 12.3. The van der Waals surface area contributed by atoms with Crippen molar-refractivity contribution in [3.05, 3.63) is 11.9 Å². The minimum absolute atomic E-state index is 0.545. The molecular formula is C6H8F5NO. The Morgan fingerprint density at radius 3 is 2.08 bits per heavy atom. The highest BCUT2D eigenvalue weighted by Crippen LogP contribution is 2.33. The number of nitrogens with two attached hydrogens (primary N) is 1. The molecule has 0 aliphatic carbocycles. The lowest BCUT2D eigenvalue weighted by Crippen LogP contribution is -2.30. The van der Waals surface area contributed by atoms with Crippen molar-refractivity contribution in [2.24, 2.45) is 5.73 Å². The molecule has 0 rings (SSSR count). The number of aliphatic hydroxyl groups is 1. The molecule has 0 heterocycles. The fourth-order valence-corrected chi connectivity index (χ4v) is 0.607. The van der Waals surface area contributed by atoms with Crippen molar-refractivity contribution in [2.75, 3.05) is 6.54 Å². The Balaban J connectivity index is 4.49. The van der Waals surface area contributed by atoms with E-state index in [9.17, 15) is 22.0 Å². The normalized spacial score (nSPS) is 14.1. The van der Waals surface area contributed by atoms with Crippen LogP contribution in [0.2, 0.25) is 0 Å². The second kappa shape index (κ2) is 4.52. The summed E-state index contributed by atoms with van der Waals surface area (Å²) in [7, 11) is 0. The molecule has 13 heavy (non-hydrogen) atoms. The number of allylic oxidation sites excluding steroid dienone is 1. The van der Waals surface area contributed by atoms with E-state index in [0.29, 0.717) is 0 Å². The summed E-state index contributed by atoms with van der Waals surface area (Å²) in [4.78, 5) is 0. The number of rotatable bonds is 4. The smallest absolute Gasteiger partial charge is 0.307 e. The van der Waals surface area contributed by atoms with Gasteiger partial charge in [-0.2, -0.15) is 22.0 Å². The maximum absolute atomic E-state index is 12.4. The van der Waals surface area contributed by atoms with Crippen LogP contribution in [0.4, 0.5) is 22.0 Å². The van der Waals surface area contributed by atoms with Gasteiger partial charge < -0.3 is 10.8 Å². The number of aliphatic hydroxyl groups excluding tert-OH is 1. The third-order valence-corrected chi connectivity index (χ3v) is 1.25. The van der Waals surface area contributed by atoms with Gasteiger partial charge in [0, 0.05) is 13.0 Å². The van der Waals surface area contributed by atoms with E-state index >= 15 is 0 Å². The molecule has 1 atom stereocenters. The van der Waals surface area contributed by atoms with E-state index < -0.39 is 36.9 Å². The van der Waals surface area contributed by atoms with Gasteiger partial charge in [-0.15, -0.1) is 0 Å². The van der Waals surface area contributed by atoms with Gasteiger partial charge in [0.2, 0.25) is 5.83 Å². The molecule has 1 unspecified atom stereocenters. The van der Waals surface area contributed by atoms with Gasteiger partial charge in [0.15, 0.2) is 0 Å². The summed E-state index contributed by atoms with van der Waals surface area (Å²) in [5.41, 5.74) is 4.75. The van der Waals surface area contributed by atoms with Crippen LogP contribution in [-0.2, 0) is 0 Å². The molecule has 2 nitrogen and oxygen atoms in total. The van der Waals surface area contributed by atoms with Crippen LogP contribution in [0, 0.1) is 0 Å². The monoisotopic (exact) mass is 205 g/mol. The Morgan fingerprint density at radius 2 is 1.77 bits per heavy atom. The van der Waals surface area contributed by atoms with Gasteiger partial charge >= 0.3 is 12.0 Å². The van der Waals surface area contributed by atoms with Gasteiger partial charge in [0.1, 0.15) is 0 Å².